The van der Waals surface area contributed by atoms with Gasteiger partial charge in [-0.2, -0.15) is 0 Å². The zero-order valence-electron chi connectivity index (χ0n) is 35.7. The first-order chi connectivity index (χ1) is 26.1. The summed E-state index contributed by atoms with van der Waals surface area (Å²) in [4.78, 5) is 34.2. The Morgan fingerprint density at radius 2 is 1.80 bits per heavy atom. The summed E-state index contributed by atoms with van der Waals surface area (Å²) < 4.78 is 34.6. The van der Waals surface area contributed by atoms with Crippen molar-refractivity contribution in [3.05, 3.63) is 27.9 Å². The molecule has 1 aromatic rings. The average molecular weight is 792 g/mol. The number of likely N-dealkylation sites (N-methyl/N-ethyl adjacent to an activating group) is 1. The molecule has 0 aliphatic carbocycles. The van der Waals surface area contributed by atoms with Crippen LogP contribution in [0.15, 0.2) is 12.3 Å². The third-order valence-electron chi connectivity index (χ3n) is 13.1. The van der Waals surface area contributed by atoms with Crippen molar-refractivity contribution in [3.63, 3.8) is 0 Å². The lowest BCUT2D eigenvalue weighted by Gasteiger charge is -2.50. The molecule has 0 radical (unpaired) electrons. The average Bonchev–Trinajstić information content (AvgIpc) is 3.20. The number of aliphatic hydroxyl groups excluding tert-OH is 1. The van der Waals surface area contributed by atoms with Crippen molar-refractivity contribution in [1.82, 2.24) is 15.2 Å². The molecule has 0 unspecified atom stereocenters. The van der Waals surface area contributed by atoms with E-state index in [9.17, 15) is 25.1 Å². The van der Waals surface area contributed by atoms with Crippen LogP contribution < -0.4 is 10.2 Å². The van der Waals surface area contributed by atoms with Crippen LogP contribution in [-0.4, -0.2) is 137 Å². The number of carbonyl (C=O) groups is 1. The van der Waals surface area contributed by atoms with Gasteiger partial charge in [0, 0.05) is 49.5 Å². The van der Waals surface area contributed by atoms with Crippen molar-refractivity contribution in [2.24, 2.45) is 17.8 Å². The Morgan fingerprint density at radius 3 is 2.39 bits per heavy atom. The van der Waals surface area contributed by atoms with E-state index in [1.165, 1.54) is 13.1 Å². The number of aromatic nitrogens is 1. The van der Waals surface area contributed by atoms with Crippen molar-refractivity contribution >= 4 is 17.5 Å². The summed E-state index contributed by atoms with van der Waals surface area (Å²) >= 11 is 0. The summed E-state index contributed by atoms with van der Waals surface area (Å²) in [7, 11) is 4.13. The number of hydrogen-bond acceptors (Lipinski definition) is 14. The number of cyclic esters (lactones) is 1. The number of nitro groups is 1. The van der Waals surface area contributed by atoms with Crippen LogP contribution in [0.2, 0.25) is 0 Å². The van der Waals surface area contributed by atoms with Gasteiger partial charge in [-0.05, 0) is 100 Å². The number of fused-ring (bicyclic) bond motifs is 3. The normalized spacial score (nSPS) is 41.5. The van der Waals surface area contributed by atoms with Gasteiger partial charge in [0.15, 0.2) is 5.79 Å². The molecule has 4 aliphatic heterocycles. The van der Waals surface area contributed by atoms with E-state index in [2.05, 4.69) is 68.8 Å². The fourth-order valence-corrected chi connectivity index (χ4v) is 9.89. The molecule has 56 heavy (non-hydrogen) atoms. The summed E-state index contributed by atoms with van der Waals surface area (Å²) in [6, 6.07) is 1.29. The topological polar surface area (TPSA) is 178 Å². The van der Waals surface area contributed by atoms with Gasteiger partial charge in [0.2, 0.25) is 0 Å². The maximum absolute atomic E-state index is 14.3. The third-order valence-corrected chi connectivity index (χ3v) is 13.1. The summed E-state index contributed by atoms with van der Waals surface area (Å²) in [5.41, 5.74) is -2.15. The molecule has 1 aromatic heterocycles. The van der Waals surface area contributed by atoms with Gasteiger partial charge in [0.1, 0.15) is 29.8 Å². The van der Waals surface area contributed by atoms with Crippen LogP contribution >= 0.6 is 0 Å². The number of carbonyl (C=O) groups excluding carboxylic acids is 1. The standard InChI is InChI=1S/C41H69N5O10/c1-13-32-40(10,49)36(47)28(7)42-21-23(2)20-39(9)37(54-35-29(8)52-25(4)19-30(35)44(11)12)26(5)34(27(6)38(48)53-32)55-41(56-39)14-16-45(17-15-41)33-18-24(3)31(22-43-33)46(50)51/h18,22-23,25-30,32,34-37,42,47,49H,13-17,19-21H2,1-12H3/t23-,25-,26+,27-,28-,29+,30+,32-,34+,35+,36-,37-,39-,40-/m1/s1. The SMILES string of the molecule is CC[C@H]1OC(=O)[C@H](C)[C@H]2OC3(CCN(c4cc(C)c([N+](=O)[O-])cn4)CC3)O[C@](C)(C[C@@H](C)CN[C@H](C)[C@@H](O)[C@]1(C)O)[C@H](O[C@H]1[C@H](C)O[C@H](C)C[C@@H]1N(C)C)[C@H]2C. The highest BCUT2D eigenvalue weighted by Gasteiger charge is 2.58. The first-order valence-corrected chi connectivity index (χ1v) is 20.7. The molecule has 318 valence electrons. The van der Waals surface area contributed by atoms with E-state index >= 15 is 0 Å². The number of pyridine rings is 1. The molecule has 4 fully saturated rings. The molecule has 5 heterocycles. The van der Waals surface area contributed by atoms with Crippen molar-refractivity contribution in [2.45, 2.75) is 173 Å². The highest BCUT2D eigenvalue weighted by molar-refractivity contribution is 5.73. The number of ether oxygens (including phenoxy) is 5. The fraction of sp³-hybridized carbons (Fsp3) is 0.854. The lowest BCUT2D eigenvalue weighted by Crippen LogP contribution is -2.60. The van der Waals surface area contributed by atoms with Crippen LogP contribution in [0, 0.1) is 34.8 Å². The van der Waals surface area contributed by atoms with Gasteiger partial charge in [0.05, 0.1) is 47.0 Å². The Labute approximate surface area is 333 Å². The van der Waals surface area contributed by atoms with Gasteiger partial charge in [-0.1, -0.05) is 20.8 Å². The Balaban J connectivity index is 1.59. The van der Waals surface area contributed by atoms with Crippen molar-refractivity contribution in [1.29, 1.82) is 0 Å². The molecular weight excluding hydrogens is 722 g/mol. The van der Waals surface area contributed by atoms with E-state index < -0.39 is 64.3 Å². The Morgan fingerprint density at radius 1 is 1.14 bits per heavy atom. The van der Waals surface area contributed by atoms with Crippen LogP contribution in [0.5, 0.6) is 0 Å². The van der Waals surface area contributed by atoms with E-state index in [0.29, 0.717) is 56.7 Å². The fourth-order valence-electron chi connectivity index (χ4n) is 9.89. The minimum absolute atomic E-state index is 0.0194. The lowest BCUT2D eigenvalue weighted by atomic mass is 9.77. The summed E-state index contributed by atoms with van der Waals surface area (Å²) in [5, 5.41) is 38.1. The number of rotatable bonds is 6. The summed E-state index contributed by atoms with van der Waals surface area (Å²) in [6.45, 7) is 20.6. The van der Waals surface area contributed by atoms with Crippen molar-refractivity contribution < 1.29 is 43.6 Å². The largest absolute Gasteiger partial charge is 0.459 e. The van der Waals surface area contributed by atoms with Gasteiger partial charge < -0.3 is 49.0 Å². The molecule has 1 spiro atoms. The molecule has 15 heteroatoms. The molecule has 14 atom stereocenters. The van der Waals surface area contributed by atoms with Gasteiger partial charge in [-0.3, -0.25) is 14.9 Å². The number of nitrogens with one attached hydrogen (secondary N) is 1. The van der Waals surface area contributed by atoms with E-state index in [0.717, 1.165) is 6.42 Å². The second-order valence-electron chi connectivity index (χ2n) is 18.1. The Bertz CT molecular complexity index is 1520. The Kier molecular flexibility index (Phi) is 13.8. The monoisotopic (exact) mass is 792 g/mol. The molecule has 15 nitrogen and oxygen atoms in total. The minimum Gasteiger partial charge on any atom is -0.459 e. The number of aliphatic hydroxyl groups is 2. The third kappa shape index (κ3) is 9.20. The van der Waals surface area contributed by atoms with Crippen molar-refractivity contribution in [2.75, 3.05) is 38.6 Å². The first-order valence-electron chi connectivity index (χ1n) is 20.7. The molecule has 0 aromatic carbocycles. The molecule has 3 N–H and O–H groups in total. The van der Waals surface area contributed by atoms with Gasteiger partial charge in [-0.15, -0.1) is 0 Å². The number of piperidine rings is 1. The van der Waals surface area contributed by atoms with E-state index in [1.807, 2.05) is 13.8 Å². The summed E-state index contributed by atoms with van der Waals surface area (Å²) in [5.74, 6) is -2.18. The molecule has 4 saturated heterocycles. The number of esters is 1. The highest BCUT2D eigenvalue weighted by atomic mass is 16.7. The summed E-state index contributed by atoms with van der Waals surface area (Å²) in [6.07, 6.45) is -0.129. The quantitative estimate of drug-likeness (QED) is 0.210. The zero-order valence-corrected chi connectivity index (χ0v) is 35.7. The van der Waals surface area contributed by atoms with Gasteiger partial charge in [-0.25, -0.2) is 4.98 Å². The van der Waals surface area contributed by atoms with Crippen molar-refractivity contribution in [3.8, 4) is 0 Å². The number of anilines is 1. The van der Waals surface area contributed by atoms with Crippen LogP contribution in [0.4, 0.5) is 11.5 Å². The van der Waals surface area contributed by atoms with E-state index in [4.69, 9.17) is 23.7 Å². The van der Waals surface area contributed by atoms with Crippen LogP contribution in [0.3, 0.4) is 0 Å². The maximum Gasteiger partial charge on any atom is 0.311 e. The number of hydrogen-bond donors (Lipinski definition) is 3. The number of nitrogens with zero attached hydrogens (tertiary/aromatic N) is 4. The second-order valence-corrected chi connectivity index (χ2v) is 18.1. The maximum atomic E-state index is 14.3. The van der Waals surface area contributed by atoms with Gasteiger partial charge >= 0.3 is 5.97 Å². The second kappa shape index (κ2) is 17.4. The molecule has 0 amide bonds. The van der Waals surface area contributed by atoms with E-state index in [-0.39, 0.29) is 41.9 Å². The minimum atomic E-state index is -1.73. The molecular formula is C41H69N5O10. The zero-order chi connectivity index (χ0) is 41.5. The first kappa shape index (κ1) is 44.6. The molecule has 2 bridgehead atoms. The van der Waals surface area contributed by atoms with Crippen LogP contribution in [0.1, 0.15) is 100.0 Å². The molecule has 0 saturated carbocycles. The predicted octanol–water partition coefficient (Wildman–Crippen LogP) is 4.37. The smallest absolute Gasteiger partial charge is 0.311 e. The van der Waals surface area contributed by atoms with Crippen LogP contribution in [0.25, 0.3) is 0 Å². The predicted molar refractivity (Wildman–Crippen MR) is 211 cm³/mol. The van der Waals surface area contributed by atoms with Crippen LogP contribution in [-0.2, 0) is 28.5 Å². The molecule has 5 rings (SSSR count). The van der Waals surface area contributed by atoms with E-state index in [1.54, 1.807) is 19.9 Å². The lowest BCUT2D eigenvalue weighted by molar-refractivity contribution is -0.385. The number of aryl methyl sites for hydroxylation is 1. The van der Waals surface area contributed by atoms with Gasteiger partial charge in [0.25, 0.3) is 5.69 Å². The molecule has 4 aliphatic rings. The highest BCUT2D eigenvalue weighted by Crippen LogP contribution is 2.48. The Hall–Kier alpha value is -2.50.